The molecule has 3 heteroatoms. The SMILES string of the molecule is CC[N+](CC)(CC)Cc1ccccc1.[NaH].[OH-]. The quantitative estimate of drug-likeness (QED) is 0.566. The van der Waals surface area contributed by atoms with Gasteiger partial charge in [0.1, 0.15) is 6.54 Å². The molecule has 0 unspecified atom stereocenters. The molecule has 1 aromatic carbocycles. The van der Waals surface area contributed by atoms with Crippen molar-refractivity contribution in [2.45, 2.75) is 27.3 Å². The second-order valence-corrected chi connectivity index (χ2v) is 3.93. The molecule has 0 aliphatic heterocycles. The van der Waals surface area contributed by atoms with Crippen LogP contribution in [0.15, 0.2) is 30.3 Å². The van der Waals surface area contributed by atoms with Crippen molar-refractivity contribution in [1.82, 2.24) is 0 Å². The van der Waals surface area contributed by atoms with Crippen molar-refractivity contribution >= 4 is 29.6 Å². The molecule has 0 heterocycles. The van der Waals surface area contributed by atoms with Gasteiger partial charge in [0, 0.05) is 5.56 Å². The monoisotopic (exact) mass is 233 g/mol. The third kappa shape index (κ3) is 4.98. The van der Waals surface area contributed by atoms with Crippen molar-refractivity contribution in [3.8, 4) is 0 Å². The van der Waals surface area contributed by atoms with E-state index in [9.17, 15) is 0 Å². The van der Waals surface area contributed by atoms with Gasteiger partial charge in [0.25, 0.3) is 0 Å². The summed E-state index contributed by atoms with van der Waals surface area (Å²) in [7, 11) is 0. The molecular weight excluding hydrogens is 209 g/mol. The Bertz CT molecular complexity index is 252. The van der Waals surface area contributed by atoms with E-state index in [-0.39, 0.29) is 35.0 Å². The topological polar surface area (TPSA) is 30.0 Å². The first-order valence-corrected chi connectivity index (χ1v) is 5.65. The molecule has 0 aromatic heterocycles. The molecule has 0 amide bonds. The molecule has 1 rings (SSSR count). The number of hydrogen-bond acceptors (Lipinski definition) is 1. The van der Waals surface area contributed by atoms with Gasteiger partial charge in [-0.15, -0.1) is 0 Å². The Labute approximate surface area is 122 Å². The minimum absolute atomic E-state index is 0. The standard InChI is InChI=1S/C13H22N.Na.H2O.H/c1-4-14(5-2,6-3)12-13-10-8-7-9-11-13;;;/h7-11H,4-6,12H2,1-3H3;;1H2;/q+1;;;/p-1. The molecule has 0 aliphatic carbocycles. The van der Waals surface area contributed by atoms with Gasteiger partial charge in [0.2, 0.25) is 0 Å². The zero-order valence-electron chi connectivity index (χ0n) is 10.1. The molecule has 0 atom stereocenters. The predicted octanol–water partition coefficient (Wildman–Crippen LogP) is 2.24. The first kappa shape index (κ1) is 18.5. The van der Waals surface area contributed by atoms with Gasteiger partial charge in [-0.3, -0.25) is 0 Å². The Hall–Kier alpha value is 0.140. The van der Waals surface area contributed by atoms with E-state index >= 15 is 0 Å². The van der Waals surface area contributed by atoms with Crippen LogP contribution >= 0.6 is 0 Å². The first-order valence-electron chi connectivity index (χ1n) is 5.65. The van der Waals surface area contributed by atoms with Crippen LogP contribution in [-0.2, 0) is 6.54 Å². The van der Waals surface area contributed by atoms with Crippen LogP contribution in [0.4, 0.5) is 0 Å². The maximum atomic E-state index is 2.29. The Balaban J connectivity index is 0. The fourth-order valence-electron chi connectivity index (χ4n) is 1.98. The van der Waals surface area contributed by atoms with Gasteiger partial charge >= 0.3 is 29.6 Å². The average molecular weight is 233 g/mol. The maximum Gasteiger partial charge on any atom is -0.870 e. The van der Waals surface area contributed by atoms with Crippen molar-refractivity contribution in [2.24, 2.45) is 0 Å². The van der Waals surface area contributed by atoms with Gasteiger partial charge in [0.05, 0.1) is 19.6 Å². The first-order chi connectivity index (χ1) is 6.76. The van der Waals surface area contributed by atoms with Gasteiger partial charge < -0.3 is 9.96 Å². The van der Waals surface area contributed by atoms with E-state index in [1.165, 1.54) is 36.2 Å². The molecule has 0 saturated heterocycles. The maximum absolute atomic E-state index is 2.29. The van der Waals surface area contributed by atoms with E-state index in [2.05, 4.69) is 51.1 Å². The molecule has 0 radical (unpaired) electrons. The number of nitrogens with zero attached hydrogens (tertiary/aromatic N) is 1. The summed E-state index contributed by atoms with van der Waals surface area (Å²) in [5, 5.41) is 0. The van der Waals surface area contributed by atoms with Crippen LogP contribution in [0, 0.1) is 0 Å². The number of hydrogen-bond donors (Lipinski definition) is 0. The van der Waals surface area contributed by atoms with Crippen LogP contribution in [0.1, 0.15) is 26.3 Å². The minimum atomic E-state index is 0. The molecule has 0 saturated carbocycles. The summed E-state index contributed by atoms with van der Waals surface area (Å²) in [6.45, 7) is 11.7. The molecule has 1 N–H and O–H groups in total. The number of quaternary nitrogens is 1. The molecule has 0 bridgehead atoms. The van der Waals surface area contributed by atoms with Gasteiger partial charge in [-0.2, -0.15) is 0 Å². The number of rotatable bonds is 5. The van der Waals surface area contributed by atoms with Crippen LogP contribution < -0.4 is 0 Å². The van der Waals surface area contributed by atoms with E-state index in [0.717, 1.165) is 0 Å². The average Bonchev–Trinajstić information content (AvgIpc) is 2.28. The fourth-order valence-corrected chi connectivity index (χ4v) is 1.98. The zero-order chi connectivity index (χ0) is 10.4. The second kappa shape index (κ2) is 9.20. The molecule has 0 spiro atoms. The van der Waals surface area contributed by atoms with Crippen LogP contribution in [-0.4, -0.2) is 59.2 Å². The van der Waals surface area contributed by atoms with Gasteiger partial charge in [-0.25, -0.2) is 0 Å². The van der Waals surface area contributed by atoms with Gasteiger partial charge in [-0.1, -0.05) is 30.3 Å². The predicted molar refractivity (Wildman–Crippen MR) is 71.1 cm³/mol. The molecule has 0 aliphatic rings. The normalized spacial score (nSPS) is 10.2. The fraction of sp³-hybridized carbons (Fsp3) is 0.538. The molecule has 16 heavy (non-hydrogen) atoms. The molecular formula is C13H24NNaO. The van der Waals surface area contributed by atoms with Crippen molar-refractivity contribution in [2.75, 3.05) is 19.6 Å². The molecule has 1 aromatic rings. The van der Waals surface area contributed by atoms with E-state index in [4.69, 9.17) is 0 Å². The summed E-state index contributed by atoms with van der Waals surface area (Å²) in [5.41, 5.74) is 1.46. The van der Waals surface area contributed by atoms with E-state index in [1.807, 2.05) is 0 Å². The zero-order valence-corrected chi connectivity index (χ0v) is 10.1. The third-order valence-electron chi connectivity index (χ3n) is 3.37. The smallest absolute Gasteiger partial charge is 0.870 e. The Kier molecular flexibility index (Phi) is 10.6. The van der Waals surface area contributed by atoms with Crippen LogP contribution in [0.25, 0.3) is 0 Å². The summed E-state index contributed by atoms with van der Waals surface area (Å²) in [6, 6.07) is 10.8. The Morgan fingerprint density at radius 1 is 0.875 bits per heavy atom. The summed E-state index contributed by atoms with van der Waals surface area (Å²) < 4.78 is 1.20. The van der Waals surface area contributed by atoms with Crippen LogP contribution in [0.2, 0.25) is 0 Å². The van der Waals surface area contributed by atoms with E-state index in [1.54, 1.807) is 0 Å². The Morgan fingerprint density at radius 2 is 1.31 bits per heavy atom. The van der Waals surface area contributed by atoms with Crippen molar-refractivity contribution in [3.05, 3.63) is 35.9 Å². The summed E-state index contributed by atoms with van der Waals surface area (Å²) in [5.74, 6) is 0. The molecule has 88 valence electrons. The van der Waals surface area contributed by atoms with Crippen molar-refractivity contribution in [3.63, 3.8) is 0 Å². The molecule has 2 nitrogen and oxygen atoms in total. The third-order valence-corrected chi connectivity index (χ3v) is 3.37. The van der Waals surface area contributed by atoms with Crippen LogP contribution in [0.3, 0.4) is 0 Å². The Morgan fingerprint density at radius 3 is 1.69 bits per heavy atom. The van der Waals surface area contributed by atoms with Crippen molar-refractivity contribution < 1.29 is 9.96 Å². The van der Waals surface area contributed by atoms with Gasteiger partial charge in [0.15, 0.2) is 0 Å². The summed E-state index contributed by atoms with van der Waals surface area (Å²) >= 11 is 0. The molecule has 0 fully saturated rings. The summed E-state index contributed by atoms with van der Waals surface area (Å²) in [6.07, 6.45) is 0. The van der Waals surface area contributed by atoms with E-state index in [0.29, 0.717) is 0 Å². The summed E-state index contributed by atoms with van der Waals surface area (Å²) in [4.78, 5) is 0. The number of benzene rings is 1. The second-order valence-electron chi connectivity index (χ2n) is 3.93. The van der Waals surface area contributed by atoms with Crippen LogP contribution in [0.5, 0.6) is 0 Å². The largest absolute Gasteiger partial charge is 0.870 e. The van der Waals surface area contributed by atoms with Crippen molar-refractivity contribution in [1.29, 1.82) is 0 Å². The minimum Gasteiger partial charge on any atom is -0.870 e. The van der Waals surface area contributed by atoms with E-state index < -0.39 is 0 Å². The van der Waals surface area contributed by atoms with Gasteiger partial charge in [-0.05, 0) is 20.8 Å².